The third-order valence-corrected chi connectivity index (χ3v) is 6.23. The number of benzene rings is 3. The van der Waals surface area contributed by atoms with E-state index in [-0.39, 0.29) is 5.97 Å². The van der Waals surface area contributed by atoms with Gasteiger partial charge in [0.2, 0.25) is 0 Å². The zero-order valence-electron chi connectivity index (χ0n) is 17.2. The van der Waals surface area contributed by atoms with Crippen LogP contribution in [0.1, 0.15) is 12.0 Å². The Hall–Kier alpha value is -2.76. The number of nitrogens with zero attached hydrogens (tertiary/aromatic N) is 2. The number of anilines is 2. The first-order valence-electron chi connectivity index (χ1n) is 10.2. The summed E-state index contributed by atoms with van der Waals surface area (Å²) in [4.78, 5) is 19.2. The molecule has 4 rings (SSSR count). The van der Waals surface area contributed by atoms with Gasteiger partial charge in [-0.15, -0.1) is 0 Å². The van der Waals surface area contributed by atoms with Crippen LogP contribution < -0.4 is 4.90 Å². The first-order chi connectivity index (χ1) is 14.7. The number of ether oxygens (including phenoxy) is 1. The van der Waals surface area contributed by atoms with E-state index in [1.165, 1.54) is 15.4 Å². The summed E-state index contributed by atoms with van der Waals surface area (Å²) in [6, 6.07) is 27.0. The van der Waals surface area contributed by atoms with Crippen molar-refractivity contribution in [2.45, 2.75) is 22.8 Å². The van der Waals surface area contributed by atoms with Crippen molar-refractivity contribution in [1.29, 1.82) is 0 Å². The molecule has 0 unspecified atom stereocenters. The number of rotatable bonds is 8. The lowest BCUT2D eigenvalue weighted by atomic mass is 10.2. The van der Waals surface area contributed by atoms with E-state index >= 15 is 0 Å². The van der Waals surface area contributed by atoms with Gasteiger partial charge in [0.15, 0.2) is 0 Å². The van der Waals surface area contributed by atoms with E-state index in [4.69, 9.17) is 4.74 Å². The third-order valence-electron chi connectivity index (χ3n) is 5.10. The Morgan fingerprint density at radius 2 is 1.50 bits per heavy atom. The molecule has 1 aliphatic rings. The second-order valence-corrected chi connectivity index (χ2v) is 8.47. The van der Waals surface area contributed by atoms with Crippen molar-refractivity contribution in [2.75, 3.05) is 31.6 Å². The Morgan fingerprint density at radius 3 is 2.17 bits per heavy atom. The highest BCUT2D eigenvalue weighted by Crippen LogP contribution is 2.47. The molecule has 0 fully saturated rings. The van der Waals surface area contributed by atoms with Crippen molar-refractivity contribution < 1.29 is 9.53 Å². The lowest BCUT2D eigenvalue weighted by Crippen LogP contribution is -2.26. The van der Waals surface area contributed by atoms with E-state index < -0.39 is 0 Å². The normalized spacial score (nSPS) is 12.4. The molecule has 0 aromatic heterocycles. The minimum absolute atomic E-state index is 0.156. The second kappa shape index (κ2) is 9.83. The molecule has 0 N–H and O–H groups in total. The molecule has 30 heavy (non-hydrogen) atoms. The molecule has 0 saturated carbocycles. The van der Waals surface area contributed by atoms with Crippen LogP contribution in [0.5, 0.6) is 0 Å². The summed E-state index contributed by atoms with van der Waals surface area (Å²) < 4.78 is 5.50. The molecule has 0 bridgehead atoms. The number of fused-ring (bicyclic) bond motifs is 2. The van der Waals surface area contributed by atoms with E-state index in [1.807, 2.05) is 37.4 Å². The summed E-state index contributed by atoms with van der Waals surface area (Å²) >= 11 is 1.77. The fourth-order valence-electron chi connectivity index (χ4n) is 3.59. The van der Waals surface area contributed by atoms with Gasteiger partial charge < -0.3 is 9.64 Å². The van der Waals surface area contributed by atoms with Crippen LogP contribution in [-0.2, 0) is 16.1 Å². The number of hydrogen-bond acceptors (Lipinski definition) is 5. The molecule has 0 aliphatic carbocycles. The summed E-state index contributed by atoms with van der Waals surface area (Å²) in [6.07, 6.45) is 0.357. The Balaban J connectivity index is 1.29. The van der Waals surface area contributed by atoms with Gasteiger partial charge in [0.25, 0.3) is 0 Å². The summed E-state index contributed by atoms with van der Waals surface area (Å²) in [6.45, 7) is 2.57. The summed E-state index contributed by atoms with van der Waals surface area (Å²) in [5, 5.41) is 0. The first kappa shape index (κ1) is 20.5. The Bertz CT molecular complexity index is 948. The fraction of sp³-hybridized carbons (Fsp3) is 0.240. The van der Waals surface area contributed by atoms with Gasteiger partial charge in [-0.25, -0.2) is 0 Å². The standard InChI is InChI=1S/C25H26N2O2S/c1-26(19-20-9-3-2-4-10-20)17-18-29-25(28)15-16-27-21-11-5-7-13-23(21)30-24-14-8-6-12-22(24)27/h2-14H,15-19H2,1H3. The third kappa shape index (κ3) is 5.04. The summed E-state index contributed by atoms with van der Waals surface area (Å²) in [5.41, 5.74) is 3.56. The molecule has 4 nitrogen and oxygen atoms in total. The van der Waals surface area contributed by atoms with Gasteiger partial charge >= 0.3 is 5.97 Å². The van der Waals surface area contributed by atoms with Gasteiger partial charge in [-0.3, -0.25) is 9.69 Å². The molecular formula is C25H26N2O2S. The molecule has 0 amide bonds. The summed E-state index contributed by atoms with van der Waals surface area (Å²) in [7, 11) is 2.04. The van der Waals surface area contributed by atoms with Crippen LogP contribution in [0.3, 0.4) is 0 Å². The number of carbonyl (C=O) groups excluding carboxylic acids is 1. The van der Waals surface area contributed by atoms with Gasteiger partial charge in [0, 0.05) is 29.4 Å². The highest BCUT2D eigenvalue weighted by molar-refractivity contribution is 7.99. The topological polar surface area (TPSA) is 32.8 Å². The fourth-order valence-corrected chi connectivity index (χ4v) is 4.68. The molecule has 0 radical (unpaired) electrons. The number of para-hydroxylation sites is 2. The molecule has 154 valence electrons. The predicted molar refractivity (Wildman–Crippen MR) is 122 cm³/mol. The van der Waals surface area contributed by atoms with Crippen LogP contribution in [0.15, 0.2) is 88.7 Å². The molecule has 5 heteroatoms. The molecule has 0 saturated heterocycles. The smallest absolute Gasteiger partial charge is 0.307 e. The monoisotopic (exact) mass is 418 g/mol. The van der Waals surface area contributed by atoms with Crippen LogP contribution in [0, 0.1) is 0 Å². The van der Waals surface area contributed by atoms with E-state index in [0.29, 0.717) is 26.1 Å². The lowest BCUT2D eigenvalue weighted by Gasteiger charge is -2.32. The maximum atomic E-state index is 12.4. The lowest BCUT2D eigenvalue weighted by molar-refractivity contribution is -0.143. The summed E-state index contributed by atoms with van der Waals surface area (Å²) in [5.74, 6) is -0.156. The zero-order valence-corrected chi connectivity index (χ0v) is 18.0. The van der Waals surface area contributed by atoms with Crippen LogP contribution in [0.4, 0.5) is 11.4 Å². The van der Waals surface area contributed by atoms with Crippen molar-refractivity contribution in [2.24, 2.45) is 0 Å². The van der Waals surface area contributed by atoms with E-state index in [1.54, 1.807) is 11.8 Å². The average Bonchev–Trinajstić information content (AvgIpc) is 2.77. The van der Waals surface area contributed by atoms with E-state index in [2.05, 4.69) is 58.3 Å². The first-order valence-corrected chi connectivity index (χ1v) is 11.0. The van der Waals surface area contributed by atoms with Gasteiger partial charge in [-0.1, -0.05) is 66.4 Å². The number of hydrogen-bond donors (Lipinski definition) is 0. The van der Waals surface area contributed by atoms with Crippen molar-refractivity contribution in [3.63, 3.8) is 0 Å². The van der Waals surface area contributed by atoms with Gasteiger partial charge in [0.05, 0.1) is 17.8 Å². The van der Waals surface area contributed by atoms with Crippen molar-refractivity contribution >= 4 is 29.1 Å². The van der Waals surface area contributed by atoms with Crippen LogP contribution >= 0.6 is 11.8 Å². The molecule has 3 aromatic rings. The SMILES string of the molecule is CN(CCOC(=O)CCN1c2ccccc2Sc2ccccc21)Cc1ccccc1. The van der Waals surface area contributed by atoms with Gasteiger partial charge in [-0.2, -0.15) is 0 Å². The van der Waals surface area contributed by atoms with Crippen molar-refractivity contribution in [3.05, 3.63) is 84.4 Å². The minimum Gasteiger partial charge on any atom is -0.464 e. The van der Waals surface area contributed by atoms with Crippen molar-refractivity contribution in [3.8, 4) is 0 Å². The number of likely N-dealkylation sites (N-methyl/N-ethyl adjacent to an activating group) is 1. The molecule has 1 aliphatic heterocycles. The maximum absolute atomic E-state index is 12.4. The van der Waals surface area contributed by atoms with Crippen LogP contribution in [-0.4, -0.2) is 37.6 Å². The minimum atomic E-state index is -0.156. The zero-order chi connectivity index (χ0) is 20.8. The van der Waals surface area contributed by atoms with E-state index in [9.17, 15) is 4.79 Å². The molecule has 1 heterocycles. The highest BCUT2D eigenvalue weighted by atomic mass is 32.2. The Kier molecular flexibility index (Phi) is 6.72. The average molecular weight is 419 g/mol. The Morgan fingerprint density at radius 1 is 0.900 bits per heavy atom. The molecule has 0 spiro atoms. The number of carbonyl (C=O) groups is 1. The quantitative estimate of drug-likeness (QED) is 0.460. The van der Waals surface area contributed by atoms with Crippen LogP contribution in [0.2, 0.25) is 0 Å². The number of esters is 1. The Labute approximate surface area is 182 Å². The van der Waals surface area contributed by atoms with Gasteiger partial charge in [0.1, 0.15) is 6.61 Å². The van der Waals surface area contributed by atoms with Crippen molar-refractivity contribution in [1.82, 2.24) is 4.90 Å². The highest BCUT2D eigenvalue weighted by Gasteiger charge is 2.23. The van der Waals surface area contributed by atoms with Crippen LogP contribution in [0.25, 0.3) is 0 Å². The largest absolute Gasteiger partial charge is 0.464 e. The maximum Gasteiger partial charge on any atom is 0.307 e. The molecular weight excluding hydrogens is 392 g/mol. The van der Waals surface area contributed by atoms with Gasteiger partial charge in [-0.05, 0) is 36.9 Å². The second-order valence-electron chi connectivity index (χ2n) is 7.38. The molecule has 0 atom stereocenters. The van der Waals surface area contributed by atoms with E-state index in [0.717, 1.165) is 17.9 Å². The predicted octanol–water partition coefficient (Wildman–Crippen LogP) is 5.35. The molecule has 3 aromatic carbocycles.